The van der Waals surface area contributed by atoms with Crippen LogP contribution in [0.1, 0.15) is 32.3 Å². The second-order valence-electron chi connectivity index (χ2n) is 9.25. The van der Waals surface area contributed by atoms with Gasteiger partial charge in [-0.25, -0.2) is 17.2 Å². The first-order valence-electron chi connectivity index (χ1n) is 10.3. The molecule has 3 fully saturated rings. The van der Waals surface area contributed by atoms with Crippen molar-refractivity contribution in [3.05, 3.63) is 47.0 Å². The Bertz CT molecular complexity index is 1080. The zero-order chi connectivity index (χ0) is 22.8. The summed E-state index contributed by atoms with van der Waals surface area (Å²) in [5, 5.41) is 17.3. The fourth-order valence-electron chi connectivity index (χ4n) is 5.91. The highest BCUT2D eigenvalue weighted by Gasteiger charge is 2.68. The Balaban J connectivity index is 1.73. The van der Waals surface area contributed by atoms with Crippen molar-refractivity contribution in [3.63, 3.8) is 0 Å². The molecule has 0 unspecified atom stereocenters. The summed E-state index contributed by atoms with van der Waals surface area (Å²) < 4.78 is 60.1. The lowest BCUT2D eigenvalue weighted by atomic mass is 9.64. The minimum absolute atomic E-state index is 0.0765. The highest BCUT2D eigenvalue weighted by molar-refractivity contribution is 7.88. The molecule has 0 amide bonds. The number of morpholine rings is 1. The van der Waals surface area contributed by atoms with Crippen LogP contribution >= 0.6 is 0 Å². The smallest absolute Gasteiger partial charge is 0.211 e. The molecule has 31 heavy (non-hydrogen) atoms. The second-order valence-corrected chi connectivity index (χ2v) is 11.2. The molecule has 2 aliphatic carbocycles. The van der Waals surface area contributed by atoms with Crippen LogP contribution in [0.5, 0.6) is 0 Å². The second kappa shape index (κ2) is 7.28. The molecule has 1 aromatic carbocycles. The van der Waals surface area contributed by atoms with E-state index in [1.165, 1.54) is 22.7 Å². The Morgan fingerprint density at radius 1 is 1.29 bits per heavy atom. The van der Waals surface area contributed by atoms with Crippen LogP contribution in [0.25, 0.3) is 0 Å². The SMILES string of the molecule is CC1(C)[C@H]2CC[C@]1([C@H]1CN(S(C)(=O)=O)CCO1)C(=N)/C2=C\C(=N)c1c(F)cccc1F. The number of nitrogens with zero attached hydrogens (tertiary/aromatic N) is 1. The third-order valence-electron chi connectivity index (χ3n) is 7.54. The van der Waals surface area contributed by atoms with Crippen LogP contribution in [0, 0.1) is 39.2 Å². The molecule has 1 aromatic rings. The van der Waals surface area contributed by atoms with Crippen molar-refractivity contribution in [2.45, 2.75) is 32.8 Å². The molecule has 1 heterocycles. The maximum atomic E-state index is 14.2. The number of allylic oxidation sites excluding steroid dienone is 2. The predicted molar refractivity (Wildman–Crippen MR) is 114 cm³/mol. The van der Waals surface area contributed by atoms with Gasteiger partial charge in [0.15, 0.2) is 0 Å². The van der Waals surface area contributed by atoms with Gasteiger partial charge in [0, 0.05) is 24.2 Å². The van der Waals surface area contributed by atoms with Gasteiger partial charge in [0.25, 0.3) is 0 Å². The van der Waals surface area contributed by atoms with E-state index in [0.717, 1.165) is 18.6 Å². The number of rotatable bonds is 4. The summed E-state index contributed by atoms with van der Waals surface area (Å²) in [7, 11) is -3.39. The van der Waals surface area contributed by atoms with Gasteiger partial charge in [0.1, 0.15) is 11.6 Å². The number of fused-ring (bicyclic) bond motifs is 2. The van der Waals surface area contributed by atoms with E-state index >= 15 is 0 Å². The van der Waals surface area contributed by atoms with Gasteiger partial charge in [0.05, 0.1) is 30.2 Å². The molecule has 6 nitrogen and oxygen atoms in total. The minimum Gasteiger partial charge on any atom is -0.374 e. The van der Waals surface area contributed by atoms with Crippen molar-refractivity contribution in [2.24, 2.45) is 16.7 Å². The number of hydrogen-bond acceptors (Lipinski definition) is 5. The number of sulfonamides is 1. The van der Waals surface area contributed by atoms with Gasteiger partial charge in [-0.3, -0.25) is 0 Å². The van der Waals surface area contributed by atoms with Crippen molar-refractivity contribution in [2.75, 3.05) is 26.0 Å². The van der Waals surface area contributed by atoms with Crippen LogP contribution in [0.15, 0.2) is 29.8 Å². The van der Waals surface area contributed by atoms with Gasteiger partial charge >= 0.3 is 0 Å². The average molecular weight is 452 g/mol. The van der Waals surface area contributed by atoms with E-state index in [1.807, 2.05) is 13.8 Å². The van der Waals surface area contributed by atoms with Crippen molar-refractivity contribution in [1.29, 1.82) is 10.8 Å². The molecular formula is C22H27F2N3O3S. The van der Waals surface area contributed by atoms with Crippen LogP contribution in [-0.2, 0) is 14.8 Å². The Morgan fingerprint density at radius 3 is 2.55 bits per heavy atom. The first-order valence-corrected chi connectivity index (χ1v) is 12.2. The molecule has 9 heteroatoms. The Kier molecular flexibility index (Phi) is 5.22. The Morgan fingerprint density at radius 2 is 1.94 bits per heavy atom. The van der Waals surface area contributed by atoms with E-state index in [2.05, 4.69) is 0 Å². The molecular weight excluding hydrogens is 424 g/mol. The van der Waals surface area contributed by atoms with E-state index in [9.17, 15) is 17.2 Å². The van der Waals surface area contributed by atoms with E-state index in [0.29, 0.717) is 12.0 Å². The highest BCUT2D eigenvalue weighted by Crippen LogP contribution is 2.68. The monoisotopic (exact) mass is 451 g/mol. The summed E-state index contributed by atoms with van der Waals surface area (Å²) in [4.78, 5) is 0. The van der Waals surface area contributed by atoms with E-state index in [-0.39, 0.29) is 37.0 Å². The molecule has 0 spiro atoms. The molecule has 1 saturated heterocycles. The summed E-state index contributed by atoms with van der Waals surface area (Å²) in [6, 6.07) is 3.47. The molecule has 2 N–H and O–H groups in total. The zero-order valence-electron chi connectivity index (χ0n) is 17.8. The number of benzene rings is 1. The molecule has 168 valence electrons. The van der Waals surface area contributed by atoms with Crippen LogP contribution < -0.4 is 0 Å². The van der Waals surface area contributed by atoms with E-state index in [4.69, 9.17) is 15.6 Å². The normalized spacial score (nSPS) is 32.0. The zero-order valence-corrected chi connectivity index (χ0v) is 18.7. The molecule has 0 aromatic heterocycles. The molecule has 2 saturated carbocycles. The van der Waals surface area contributed by atoms with Crippen LogP contribution in [0.3, 0.4) is 0 Å². The standard InChI is InChI=1S/C22H27F2N3O3S/c1-21(2)14-7-8-22(21,18-12-27(9-10-30-18)31(3,28)29)20(26)13(14)11-17(25)19-15(23)5-4-6-16(19)24/h4-6,11,14,18,25-26H,7-10,12H2,1-3H3/b13-11-,25-17?,26-20?/t14-,18+,22-/m0/s1. The number of hydrogen-bond donors (Lipinski definition) is 2. The summed E-state index contributed by atoms with van der Waals surface area (Å²) >= 11 is 0. The summed E-state index contributed by atoms with van der Waals surface area (Å²) in [5.41, 5.74) is -0.985. The summed E-state index contributed by atoms with van der Waals surface area (Å²) in [5.74, 6) is -1.71. The van der Waals surface area contributed by atoms with Crippen molar-refractivity contribution >= 4 is 21.4 Å². The van der Waals surface area contributed by atoms with Crippen molar-refractivity contribution < 1.29 is 21.9 Å². The average Bonchev–Trinajstić information content (AvgIpc) is 3.03. The van der Waals surface area contributed by atoms with Gasteiger partial charge in [-0.1, -0.05) is 19.9 Å². The lowest BCUT2D eigenvalue weighted by Gasteiger charge is -2.47. The fourth-order valence-corrected chi connectivity index (χ4v) is 6.72. The first kappa shape index (κ1) is 22.2. The maximum Gasteiger partial charge on any atom is 0.211 e. The third kappa shape index (κ3) is 3.20. The van der Waals surface area contributed by atoms with E-state index < -0.39 is 44.2 Å². The summed E-state index contributed by atoms with van der Waals surface area (Å²) in [6.45, 7) is 4.78. The van der Waals surface area contributed by atoms with Crippen molar-refractivity contribution in [1.82, 2.24) is 4.31 Å². The summed E-state index contributed by atoms with van der Waals surface area (Å²) in [6.07, 6.45) is 3.51. The van der Waals surface area contributed by atoms with Crippen LogP contribution in [0.4, 0.5) is 8.78 Å². The molecule has 0 radical (unpaired) electrons. The lowest BCUT2D eigenvalue weighted by Crippen LogP contribution is -2.56. The molecule has 2 bridgehead atoms. The fraction of sp³-hybridized carbons (Fsp3) is 0.545. The Labute approximate surface area is 181 Å². The largest absolute Gasteiger partial charge is 0.374 e. The Hall–Kier alpha value is -1.97. The lowest BCUT2D eigenvalue weighted by molar-refractivity contribution is -0.0812. The van der Waals surface area contributed by atoms with Crippen molar-refractivity contribution in [3.8, 4) is 0 Å². The molecule has 1 aliphatic heterocycles. The predicted octanol–water partition coefficient (Wildman–Crippen LogP) is 3.38. The van der Waals surface area contributed by atoms with E-state index in [1.54, 1.807) is 0 Å². The quantitative estimate of drug-likeness (QED) is 0.687. The maximum absolute atomic E-state index is 14.2. The molecule has 3 aliphatic rings. The highest BCUT2D eigenvalue weighted by atomic mass is 32.2. The topological polar surface area (TPSA) is 94.3 Å². The molecule has 4 rings (SSSR count). The number of halogens is 2. The van der Waals surface area contributed by atoms with Gasteiger partial charge < -0.3 is 15.6 Å². The number of nitrogens with one attached hydrogen (secondary N) is 2. The van der Waals surface area contributed by atoms with Crippen LogP contribution in [-0.4, -0.2) is 56.2 Å². The van der Waals surface area contributed by atoms with Gasteiger partial charge in [0.2, 0.25) is 10.0 Å². The minimum atomic E-state index is -3.39. The van der Waals surface area contributed by atoms with Crippen LogP contribution in [0.2, 0.25) is 0 Å². The van der Waals surface area contributed by atoms with Gasteiger partial charge in [-0.2, -0.15) is 4.31 Å². The first-order chi connectivity index (χ1) is 14.4. The third-order valence-corrected chi connectivity index (χ3v) is 8.81. The van der Waals surface area contributed by atoms with Gasteiger partial charge in [-0.15, -0.1) is 0 Å². The molecule has 3 atom stereocenters. The van der Waals surface area contributed by atoms with Gasteiger partial charge in [-0.05, 0) is 48.0 Å². The number of ether oxygens (including phenoxy) is 1.